The number of benzene rings is 1. The molecule has 2 rings (SSSR count). The highest BCUT2D eigenvalue weighted by Gasteiger charge is 2.22. The first-order valence-corrected chi connectivity index (χ1v) is 7.75. The fourth-order valence-corrected chi connectivity index (χ4v) is 3.45. The largest absolute Gasteiger partial charge is 0.276 e. The number of aryl methyl sites for hydroxylation is 1. The average Bonchev–Trinajstić information content (AvgIpc) is 2.36. The van der Waals surface area contributed by atoms with E-state index in [0.29, 0.717) is 11.6 Å². The third-order valence-electron chi connectivity index (χ3n) is 2.56. The van der Waals surface area contributed by atoms with E-state index in [9.17, 15) is 17.2 Å². The molecule has 9 heteroatoms. The Morgan fingerprint density at radius 2 is 1.86 bits per heavy atom. The molecular formula is C12H8Cl2F2N2O2S. The molecule has 0 radical (unpaired) electrons. The molecule has 0 fully saturated rings. The lowest BCUT2D eigenvalue weighted by Crippen LogP contribution is -2.16. The van der Waals surface area contributed by atoms with Crippen molar-refractivity contribution in [1.29, 1.82) is 0 Å². The Balaban J connectivity index is 2.50. The van der Waals surface area contributed by atoms with E-state index in [4.69, 9.17) is 23.2 Å². The Morgan fingerprint density at radius 1 is 1.19 bits per heavy atom. The van der Waals surface area contributed by atoms with Gasteiger partial charge in [-0.3, -0.25) is 4.72 Å². The van der Waals surface area contributed by atoms with Gasteiger partial charge in [-0.2, -0.15) is 0 Å². The van der Waals surface area contributed by atoms with Crippen molar-refractivity contribution in [3.8, 4) is 0 Å². The lowest BCUT2D eigenvalue weighted by molar-refractivity contribution is 0.555. The van der Waals surface area contributed by atoms with E-state index < -0.39 is 26.6 Å². The van der Waals surface area contributed by atoms with Gasteiger partial charge in [-0.15, -0.1) is 0 Å². The standard InChI is InChI=1S/C12H8Cl2F2N2O2S/c1-6-4-10(13)17-12(14)11(6)18-21(19,20)9-5-7(15)2-3-8(9)16/h2-5,18H,1H3. The van der Waals surface area contributed by atoms with Crippen LogP contribution in [0.25, 0.3) is 0 Å². The van der Waals surface area contributed by atoms with Gasteiger partial charge in [0.25, 0.3) is 10.0 Å². The van der Waals surface area contributed by atoms with Gasteiger partial charge in [-0.1, -0.05) is 23.2 Å². The van der Waals surface area contributed by atoms with Crippen molar-refractivity contribution >= 4 is 38.9 Å². The van der Waals surface area contributed by atoms with Crippen LogP contribution in [0.2, 0.25) is 10.3 Å². The van der Waals surface area contributed by atoms with Crippen LogP contribution in [-0.2, 0) is 10.0 Å². The van der Waals surface area contributed by atoms with Gasteiger partial charge in [0, 0.05) is 0 Å². The number of halogens is 4. The predicted octanol–water partition coefficient (Wildman–Crippen LogP) is 3.78. The minimum absolute atomic E-state index is 0.0512. The SMILES string of the molecule is Cc1cc(Cl)nc(Cl)c1NS(=O)(=O)c1cc(F)ccc1F. The lowest BCUT2D eigenvalue weighted by Gasteiger charge is -2.12. The van der Waals surface area contributed by atoms with Crippen molar-refractivity contribution in [3.63, 3.8) is 0 Å². The van der Waals surface area contributed by atoms with E-state index in [0.717, 1.165) is 12.1 Å². The zero-order valence-electron chi connectivity index (χ0n) is 10.5. The fraction of sp³-hybridized carbons (Fsp3) is 0.0833. The van der Waals surface area contributed by atoms with Crippen LogP contribution in [0.1, 0.15) is 5.56 Å². The number of aromatic nitrogens is 1. The van der Waals surface area contributed by atoms with Crippen LogP contribution in [0.15, 0.2) is 29.2 Å². The van der Waals surface area contributed by atoms with E-state index in [2.05, 4.69) is 9.71 Å². The maximum absolute atomic E-state index is 13.6. The number of anilines is 1. The average molecular weight is 353 g/mol. The highest BCUT2D eigenvalue weighted by molar-refractivity contribution is 7.92. The summed E-state index contributed by atoms with van der Waals surface area (Å²) >= 11 is 11.5. The molecule has 0 aliphatic rings. The zero-order valence-corrected chi connectivity index (χ0v) is 12.8. The van der Waals surface area contributed by atoms with Gasteiger partial charge in [0.2, 0.25) is 0 Å². The van der Waals surface area contributed by atoms with Crippen molar-refractivity contribution in [1.82, 2.24) is 4.98 Å². The Kier molecular flexibility index (Phi) is 4.36. The van der Waals surface area contributed by atoms with Crippen molar-refractivity contribution in [2.75, 3.05) is 4.72 Å². The van der Waals surface area contributed by atoms with E-state index in [1.54, 1.807) is 6.92 Å². The van der Waals surface area contributed by atoms with Crippen LogP contribution in [0, 0.1) is 18.6 Å². The van der Waals surface area contributed by atoms with E-state index in [-0.39, 0.29) is 16.0 Å². The van der Waals surface area contributed by atoms with Gasteiger partial charge >= 0.3 is 0 Å². The molecule has 1 heterocycles. The normalized spacial score (nSPS) is 11.5. The summed E-state index contributed by atoms with van der Waals surface area (Å²) in [5.41, 5.74) is 0.338. The van der Waals surface area contributed by atoms with Crippen molar-refractivity contribution in [3.05, 3.63) is 51.8 Å². The fourth-order valence-electron chi connectivity index (χ4n) is 1.59. The summed E-state index contributed by atoms with van der Waals surface area (Å²) < 4.78 is 53.0. The second-order valence-electron chi connectivity index (χ2n) is 4.11. The zero-order chi connectivity index (χ0) is 15.8. The summed E-state index contributed by atoms with van der Waals surface area (Å²) in [6.07, 6.45) is 0. The summed E-state index contributed by atoms with van der Waals surface area (Å²) in [5, 5.41) is -0.113. The number of hydrogen-bond donors (Lipinski definition) is 1. The number of sulfonamides is 1. The molecule has 4 nitrogen and oxygen atoms in total. The van der Waals surface area contributed by atoms with Crippen LogP contribution in [0.3, 0.4) is 0 Å². The number of nitrogens with one attached hydrogen (secondary N) is 1. The molecule has 1 aromatic heterocycles. The Bertz CT molecular complexity index is 790. The Labute approximate surface area is 129 Å². The maximum atomic E-state index is 13.6. The van der Waals surface area contributed by atoms with Crippen LogP contribution < -0.4 is 4.72 Å². The molecule has 112 valence electrons. The first-order valence-electron chi connectivity index (χ1n) is 5.51. The summed E-state index contributed by atoms with van der Waals surface area (Å²) in [6, 6.07) is 3.49. The van der Waals surface area contributed by atoms with Crippen molar-refractivity contribution in [2.45, 2.75) is 11.8 Å². The van der Waals surface area contributed by atoms with Crippen LogP contribution in [0.4, 0.5) is 14.5 Å². The van der Waals surface area contributed by atoms with Crippen molar-refractivity contribution < 1.29 is 17.2 Å². The van der Waals surface area contributed by atoms with Crippen LogP contribution in [0.5, 0.6) is 0 Å². The minimum atomic E-state index is -4.36. The molecule has 0 saturated heterocycles. The molecular weight excluding hydrogens is 345 g/mol. The summed E-state index contributed by atoms with van der Waals surface area (Å²) in [7, 11) is -4.36. The first-order chi connectivity index (χ1) is 9.70. The number of nitrogens with zero attached hydrogens (tertiary/aromatic N) is 1. The Hall–Kier alpha value is -1.44. The molecule has 21 heavy (non-hydrogen) atoms. The van der Waals surface area contributed by atoms with E-state index in [1.165, 1.54) is 6.07 Å². The number of rotatable bonds is 3. The third kappa shape index (κ3) is 3.42. The predicted molar refractivity (Wildman–Crippen MR) is 76.2 cm³/mol. The molecule has 0 spiro atoms. The van der Waals surface area contributed by atoms with Gasteiger partial charge in [0.05, 0.1) is 5.69 Å². The topological polar surface area (TPSA) is 59.1 Å². The molecule has 1 N–H and O–H groups in total. The second kappa shape index (κ2) is 5.75. The summed E-state index contributed by atoms with van der Waals surface area (Å²) in [5.74, 6) is -1.96. The number of pyridine rings is 1. The molecule has 0 aliphatic heterocycles. The Morgan fingerprint density at radius 3 is 2.48 bits per heavy atom. The monoisotopic (exact) mass is 352 g/mol. The minimum Gasteiger partial charge on any atom is -0.276 e. The van der Waals surface area contributed by atoms with Gasteiger partial charge in [0.15, 0.2) is 5.15 Å². The van der Waals surface area contributed by atoms with Crippen molar-refractivity contribution in [2.24, 2.45) is 0 Å². The van der Waals surface area contributed by atoms with Gasteiger partial charge in [-0.25, -0.2) is 22.2 Å². The van der Waals surface area contributed by atoms with E-state index in [1.807, 2.05) is 0 Å². The second-order valence-corrected chi connectivity index (χ2v) is 6.50. The molecule has 0 aliphatic carbocycles. The highest BCUT2D eigenvalue weighted by atomic mass is 35.5. The molecule has 0 atom stereocenters. The summed E-state index contributed by atoms with van der Waals surface area (Å²) in [6.45, 7) is 1.54. The first kappa shape index (κ1) is 15.9. The highest BCUT2D eigenvalue weighted by Crippen LogP contribution is 2.29. The van der Waals surface area contributed by atoms with Gasteiger partial charge in [0.1, 0.15) is 21.7 Å². The summed E-state index contributed by atoms with van der Waals surface area (Å²) in [4.78, 5) is 2.86. The van der Waals surface area contributed by atoms with Gasteiger partial charge < -0.3 is 0 Å². The maximum Gasteiger partial charge on any atom is 0.265 e. The molecule has 2 aromatic rings. The molecule has 0 amide bonds. The van der Waals surface area contributed by atoms with Crippen LogP contribution in [-0.4, -0.2) is 13.4 Å². The third-order valence-corrected chi connectivity index (χ3v) is 4.39. The molecule has 0 bridgehead atoms. The van der Waals surface area contributed by atoms with Crippen LogP contribution >= 0.6 is 23.2 Å². The quantitative estimate of drug-likeness (QED) is 0.855. The van der Waals surface area contributed by atoms with Gasteiger partial charge in [-0.05, 0) is 36.8 Å². The molecule has 0 unspecified atom stereocenters. The smallest absolute Gasteiger partial charge is 0.265 e. The van der Waals surface area contributed by atoms with E-state index >= 15 is 0 Å². The number of hydrogen-bond acceptors (Lipinski definition) is 3. The molecule has 0 saturated carbocycles. The lowest BCUT2D eigenvalue weighted by atomic mass is 10.3. The molecule has 1 aromatic carbocycles.